The van der Waals surface area contributed by atoms with Gasteiger partial charge in [-0.05, 0) is 60.9 Å². The average Bonchev–Trinajstić information content (AvgIpc) is 3.14. The topological polar surface area (TPSA) is 76.1 Å². The molecule has 7 heteroatoms. The number of Topliss-reactive ketones (excluding diaryl/α,β-unsaturated/α-hetero) is 1. The van der Waals surface area contributed by atoms with E-state index >= 15 is 0 Å². The highest BCUT2D eigenvalue weighted by Gasteiger charge is 2.48. The number of hydrogen-bond donors (Lipinski definition) is 1. The van der Waals surface area contributed by atoms with Crippen molar-refractivity contribution in [2.24, 2.45) is 0 Å². The minimum atomic E-state index is -0.994. The van der Waals surface area contributed by atoms with Crippen LogP contribution in [0.3, 0.4) is 0 Å². The number of hydrogen-bond acceptors (Lipinski definition) is 5. The number of ether oxygens (including phenoxy) is 2. The zero-order valence-corrected chi connectivity index (χ0v) is 21.5. The minimum Gasteiger partial charge on any atom is -0.507 e. The van der Waals surface area contributed by atoms with Crippen molar-refractivity contribution >= 4 is 23.1 Å². The van der Waals surface area contributed by atoms with Gasteiger partial charge in [0.1, 0.15) is 23.1 Å². The maximum Gasteiger partial charge on any atom is 0.300 e. The molecular weight excluding hydrogens is 473 g/mol. The molecule has 3 aromatic carbocycles. The smallest absolute Gasteiger partial charge is 0.300 e. The Morgan fingerprint density at radius 2 is 1.68 bits per heavy atom. The van der Waals surface area contributed by atoms with Crippen LogP contribution < -0.4 is 14.4 Å². The van der Waals surface area contributed by atoms with Gasteiger partial charge < -0.3 is 14.6 Å². The van der Waals surface area contributed by atoms with E-state index in [4.69, 9.17) is 9.47 Å². The number of benzene rings is 3. The molecule has 0 aromatic heterocycles. The lowest BCUT2D eigenvalue weighted by Gasteiger charge is -2.27. The Labute approximate surface area is 215 Å². The van der Waals surface area contributed by atoms with E-state index < -0.39 is 23.5 Å². The summed E-state index contributed by atoms with van der Waals surface area (Å²) >= 11 is 0. The Morgan fingerprint density at radius 3 is 2.30 bits per heavy atom. The predicted octanol–water partition coefficient (Wildman–Crippen LogP) is 6.16. The fraction of sp³-hybridized carbons (Fsp3) is 0.267. The number of amides is 1. The zero-order chi connectivity index (χ0) is 26.9. The van der Waals surface area contributed by atoms with E-state index in [0.29, 0.717) is 34.9 Å². The van der Waals surface area contributed by atoms with Crippen molar-refractivity contribution < 1.29 is 28.6 Å². The number of nitrogens with zero attached hydrogens (tertiary/aromatic N) is 1. The number of anilines is 1. The molecule has 1 atom stereocenters. The van der Waals surface area contributed by atoms with E-state index in [0.717, 1.165) is 5.56 Å². The average molecular weight is 504 g/mol. The number of aliphatic hydroxyl groups is 1. The first kappa shape index (κ1) is 25.9. The standard InChI is InChI=1S/C30H30FNO5/c1-6-37-24-16-11-18(17-22(24)30(2,3)4)27(33)25-26(21-9-7-8-10-23(21)36-5)32(29(35)28(25)34)20-14-12-19(31)13-15-20/h7-17,26,33H,6H2,1-5H3/b27-25+. The van der Waals surface area contributed by atoms with Crippen LogP contribution in [0.25, 0.3) is 5.76 Å². The van der Waals surface area contributed by atoms with Gasteiger partial charge in [-0.15, -0.1) is 0 Å². The van der Waals surface area contributed by atoms with Crippen LogP contribution in [-0.2, 0) is 15.0 Å². The number of carbonyl (C=O) groups excluding carboxylic acids is 2. The molecule has 0 spiro atoms. The number of methoxy groups -OCH3 is 1. The SMILES string of the molecule is CCOc1ccc(/C(O)=C2\C(=O)C(=O)N(c3ccc(F)cc3)C2c2ccccc2OC)cc1C(C)(C)C. The molecule has 0 aliphatic carbocycles. The number of ketones is 1. The quantitative estimate of drug-likeness (QED) is 0.248. The van der Waals surface area contributed by atoms with E-state index in [9.17, 15) is 19.1 Å². The third-order valence-corrected chi connectivity index (χ3v) is 6.34. The normalized spacial score (nSPS) is 17.2. The van der Waals surface area contributed by atoms with E-state index in [1.54, 1.807) is 42.5 Å². The van der Waals surface area contributed by atoms with Crippen LogP contribution in [-0.4, -0.2) is 30.5 Å². The van der Waals surface area contributed by atoms with Crippen molar-refractivity contribution in [2.75, 3.05) is 18.6 Å². The molecule has 0 bridgehead atoms. The summed E-state index contributed by atoms with van der Waals surface area (Å²) in [5.74, 6) is -1.34. The van der Waals surface area contributed by atoms with Gasteiger partial charge >= 0.3 is 0 Å². The highest BCUT2D eigenvalue weighted by atomic mass is 19.1. The first-order valence-corrected chi connectivity index (χ1v) is 12.1. The van der Waals surface area contributed by atoms with Crippen molar-refractivity contribution in [3.8, 4) is 11.5 Å². The molecule has 37 heavy (non-hydrogen) atoms. The number of para-hydroxylation sites is 1. The molecule has 1 N–H and O–H groups in total. The molecule has 1 amide bonds. The number of aliphatic hydroxyl groups excluding tert-OH is 1. The molecule has 1 unspecified atom stereocenters. The second kappa shape index (κ2) is 10.1. The summed E-state index contributed by atoms with van der Waals surface area (Å²) in [6, 6.07) is 16.5. The Kier molecular flexibility index (Phi) is 7.07. The molecule has 0 radical (unpaired) electrons. The second-order valence-electron chi connectivity index (χ2n) is 9.78. The fourth-order valence-electron chi connectivity index (χ4n) is 4.59. The van der Waals surface area contributed by atoms with Crippen molar-refractivity contribution in [1.29, 1.82) is 0 Å². The van der Waals surface area contributed by atoms with E-state index in [2.05, 4.69) is 0 Å². The lowest BCUT2D eigenvalue weighted by Crippen LogP contribution is -2.29. The molecule has 3 aromatic rings. The van der Waals surface area contributed by atoms with Gasteiger partial charge in [-0.3, -0.25) is 14.5 Å². The highest BCUT2D eigenvalue weighted by Crippen LogP contribution is 2.45. The van der Waals surface area contributed by atoms with Crippen molar-refractivity contribution in [3.63, 3.8) is 0 Å². The summed E-state index contributed by atoms with van der Waals surface area (Å²) in [4.78, 5) is 28.1. The van der Waals surface area contributed by atoms with E-state index in [-0.39, 0.29) is 16.7 Å². The van der Waals surface area contributed by atoms with Gasteiger partial charge in [-0.25, -0.2) is 4.39 Å². The van der Waals surface area contributed by atoms with Crippen LogP contribution in [0.15, 0.2) is 72.3 Å². The lowest BCUT2D eigenvalue weighted by atomic mass is 9.84. The van der Waals surface area contributed by atoms with Crippen LogP contribution >= 0.6 is 0 Å². The monoisotopic (exact) mass is 503 g/mol. The van der Waals surface area contributed by atoms with Gasteiger partial charge in [0.05, 0.1) is 25.3 Å². The third-order valence-electron chi connectivity index (χ3n) is 6.34. The van der Waals surface area contributed by atoms with Crippen LogP contribution in [0.1, 0.15) is 50.4 Å². The Bertz CT molecular complexity index is 1370. The summed E-state index contributed by atoms with van der Waals surface area (Å²) in [6.07, 6.45) is 0. The molecule has 1 heterocycles. The van der Waals surface area contributed by atoms with Gasteiger partial charge in [0.25, 0.3) is 11.7 Å². The lowest BCUT2D eigenvalue weighted by molar-refractivity contribution is -0.132. The molecule has 6 nitrogen and oxygen atoms in total. The molecular formula is C30H30FNO5. The van der Waals surface area contributed by atoms with Crippen molar-refractivity contribution in [3.05, 3.63) is 94.8 Å². The number of halogens is 1. The van der Waals surface area contributed by atoms with Crippen LogP contribution in [0, 0.1) is 5.82 Å². The number of rotatable bonds is 6. The maximum atomic E-state index is 13.7. The van der Waals surface area contributed by atoms with Crippen molar-refractivity contribution in [2.45, 2.75) is 39.2 Å². The largest absolute Gasteiger partial charge is 0.507 e. The van der Waals surface area contributed by atoms with Gasteiger partial charge in [0.15, 0.2) is 0 Å². The van der Waals surface area contributed by atoms with Gasteiger partial charge in [-0.2, -0.15) is 0 Å². The highest BCUT2D eigenvalue weighted by molar-refractivity contribution is 6.51. The first-order valence-electron chi connectivity index (χ1n) is 12.1. The van der Waals surface area contributed by atoms with Crippen LogP contribution in [0.2, 0.25) is 0 Å². The predicted molar refractivity (Wildman–Crippen MR) is 140 cm³/mol. The molecule has 1 aliphatic heterocycles. The molecule has 0 saturated carbocycles. The van der Waals surface area contributed by atoms with Gasteiger partial charge in [0.2, 0.25) is 0 Å². The van der Waals surface area contributed by atoms with Crippen LogP contribution in [0.5, 0.6) is 11.5 Å². The Balaban J connectivity index is 1.98. The number of carbonyl (C=O) groups is 2. The fourth-order valence-corrected chi connectivity index (χ4v) is 4.59. The Hall–Kier alpha value is -4.13. The van der Waals surface area contributed by atoms with Crippen molar-refractivity contribution in [1.82, 2.24) is 0 Å². The first-order chi connectivity index (χ1) is 17.6. The van der Waals surface area contributed by atoms with E-state index in [1.165, 1.54) is 36.3 Å². The Morgan fingerprint density at radius 1 is 1.00 bits per heavy atom. The maximum absolute atomic E-state index is 13.7. The van der Waals surface area contributed by atoms with E-state index in [1.807, 2.05) is 27.7 Å². The minimum absolute atomic E-state index is 0.0807. The summed E-state index contributed by atoms with van der Waals surface area (Å²) in [5.41, 5.74) is 1.66. The molecule has 192 valence electrons. The van der Waals surface area contributed by atoms with Gasteiger partial charge in [-0.1, -0.05) is 39.0 Å². The molecule has 1 fully saturated rings. The summed E-state index contributed by atoms with van der Waals surface area (Å²) in [7, 11) is 1.49. The summed E-state index contributed by atoms with van der Waals surface area (Å²) in [5, 5.41) is 11.6. The summed E-state index contributed by atoms with van der Waals surface area (Å²) < 4.78 is 25.0. The van der Waals surface area contributed by atoms with Gasteiger partial charge in [0, 0.05) is 22.4 Å². The third kappa shape index (κ3) is 4.81. The second-order valence-corrected chi connectivity index (χ2v) is 9.78. The molecule has 1 aliphatic rings. The molecule has 4 rings (SSSR count). The zero-order valence-electron chi connectivity index (χ0n) is 21.5. The molecule has 1 saturated heterocycles. The summed E-state index contributed by atoms with van der Waals surface area (Å²) in [6.45, 7) is 8.44. The van der Waals surface area contributed by atoms with Crippen LogP contribution in [0.4, 0.5) is 10.1 Å².